The molecule has 1 aliphatic rings. The highest BCUT2D eigenvalue weighted by Gasteiger charge is 2.14. The number of pyridine rings is 1. The first-order chi connectivity index (χ1) is 11.8. The molecule has 1 aromatic carbocycles. The Bertz CT molecular complexity index is 669. The van der Waals surface area contributed by atoms with Crippen LogP contribution in [0.1, 0.15) is 16.8 Å². The van der Waals surface area contributed by atoms with Crippen LogP contribution in [-0.4, -0.2) is 38.4 Å². The molecular formula is C19H25N3O2. The predicted molar refractivity (Wildman–Crippen MR) is 95.5 cm³/mol. The van der Waals surface area contributed by atoms with Crippen LogP contribution in [0.3, 0.4) is 0 Å². The van der Waals surface area contributed by atoms with Crippen molar-refractivity contribution in [1.82, 2.24) is 10.3 Å². The van der Waals surface area contributed by atoms with Crippen LogP contribution in [0.2, 0.25) is 0 Å². The Hall–Kier alpha value is -2.11. The third-order valence-electron chi connectivity index (χ3n) is 4.25. The molecule has 0 aliphatic carbocycles. The van der Waals surface area contributed by atoms with Crippen molar-refractivity contribution in [2.24, 2.45) is 0 Å². The lowest BCUT2D eigenvalue weighted by Crippen LogP contribution is -2.37. The highest BCUT2D eigenvalue weighted by Crippen LogP contribution is 2.22. The number of aromatic nitrogens is 1. The van der Waals surface area contributed by atoms with Gasteiger partial charge < -0.3 is 19.7 Å². The third-order valence-corrected chi connectivity index (χ3v) is 4.25. The second-order valence-electron chi connectivity index (χ2n) is 5.95. The van der Waals surface area contributed by atoms with Crippen LogP contribution in [0.15, 0.2) is 36.4 Å². The molecule has 1 aliphatic heterocycles. The van der Waals surface area contributed by atoms with E-state index in [1.54, 1.807) is 7.11 Å². The number of rotatable bonds is 6. The fraction of sp³-hybridized carbons (Fsp3) is 0.421. The number of anilines is 1. The van der Waals surface area contributed by atoms with Gasteiger partial charge in [-0.1, -0.05) is 24.3 Å². The maximum atomic E-state index is 5.46. The van der Waals surface area contributed by atoms with Gasteiger partial charge in [0, 0.05) is 43.1 Å². The van der Waals surface area contributed by atoms with Crippen molar-refractivity contribution in [1.29, 1.82) is 0 Å². The van der Waals surface area contributed by atoms with E-state index in [9.17, 15) is 0 Å². The Labute approximate surface area is 143 Å². The second kappa shape index (κ2) is 8.13. The van der Waals surface area contributed by atoms with Crippen LogP contribution < -0.4 is 15.0 Å². The van der Waals surface area contributed by atoms with Gasteiger partial charge in [-0.2, -0.15) is 0 Å². The SMILES string of the molecule is COc1nc(C)ccc1CNCc1ccccc1N1CCOCC1. The normalized spacial score (nSPS) is 14.7. The third kappa shape index (κ3) is 4.04. The molecule has 5 heteroatoms. The number of nitrogens with one attached hydrogen (secondary N) is 1. The summed E-state index contributed by atoms with van der Waals surface area (Å²) in [5.41, 5.74) is 4.64. The smallest absolute Gasteiger partial charge is 0.217 e. The van der Waals surface area contributed by atoms with E-state index in [0.29, 0.717) is 5.88 Å². The number of nitrogens with zero attached hydrogens (tertiary/aromatic N) is 2. The molecule has 128 valence electrons. The maximum absolute atomic E-state index is 5.46. The summed E-state index contributed by atoms with van der Waals surface area (Å²) in [5.74, 6) is 0.698. The van der Waals surface area contributed by atoms with Crippen molar-refractivity contribution >= 4 is 5.69 Å². The molecule has 24 heavy (non-hydrogen) atoms. The van der Waals surface area contributed by atoms with Gasteiger partial charge in [0.25, 0.3) is 0 Å². The molecule has 1 aromatic heterocycles. The van der Waals surface area contributed by atoms with E-state index >= 15 is 0 Å². The first kappa shape index (κ1) is 16.7. The van der Waals surface area contributed by atoms with E-state index in [1.807, 2.05) is 13.0 Å². The molecule has 0 bridgehead atoms. The van der Waals surface area contributed by atoms with Crippen LogP contribution in [0, 0.1) is 6.92 Å². The van der Waals surface area contributed by atoms with Gasteiger partial charge in [0.1, 0.15) is 0 Å². The van der Waals surface area contributed by atoms with E-state index in [0.717, 1.165) is 50.7 Å². The maximum Gasteiger partial charge on any atom is 0.217 e. The van der Waals surface area contributed by atoms with Crippen molar-refractivity contribution in [2.75, 3.05) is 38.3 Å². The topological polar surface area (TPSA) is 46.6 Å². The monoisotopic (exact) mass is 327 g/mol. The summed E-state index contributed by atoms with van der Waals surface area (Å²) in [6.07, 6.45) is 0. The predicted octanol–water partition coefficient (Wildman–Crippen LogP) is 2.53. The standard InChI is InChI=1S/C19H25N3O2/c1-15-7-8-17(19(21-15)23-2)14-20-13-16-5-3-4-6-18(16)22-9-11-24-12-10-22/h3-8,20H,9-14H2,1-2H3. The lowest BCUT2D eigenvalue weighted by molar-refractivity contribution is 0.122. The van der Waals surface area contributed by atoms with E-state index in [-0.39, 0.29) is 0 Å². The van der Waals surface area contributed by atoms with E-state index < -0.39 is 0 Å². The number of aryl methyl sites for hydroxylation is 1. The molecule has 0 atom stereocenters. The van der Waals surface area contributed by atoms with Gasteiger partial charge in [0.2, 0.25) is 5.88 Å². The Morgan fingerprint density at radius 1 is 1.08 bits per heavy atom. The summed E-state index contributed by atoms with van der Waals surface area (Å²) >= 11 is 0. The van der Waals surface area contributed by atoms with Crippen LogP contribution in [0.5, 0.6) is 5.88 Å². The van der Waals surface area contributed by atoms with Gasteiger partial charge >= 0.3 is 0 Å². The average molecular weight is 327 g/mol. The lowest BCUT2D eigenvalue weighted by atomic mass is 10.1. The van der Waals surface area contributed by atoms with Gasteiger partial charge in [-0.15, -0.1) is 0 Å². The number of methoxy groups -OCH3 is 1. The number of para-hydroxylation sites is 1. The molecular weight excluding hydrogens is 302 g/mol. The molecule has 5 nitrogen and oxygen atoms in total. The van der Waals surface area contributed by atoms with Gasteiger partial charge in [-0.05, 0) is 24.6 Å². The Balaban J connectivity index is 1.65. The largest absolute Gasteiger partial charge is 0.481 e. The first-order valence-corrected chi connectivity index (χ1v) is 8.40. The zero-order valence-corrected chi connectivity index (χ0v) is 14.4. The lowest BCUT2D eigenvalue weighted by Gasteiger charge is -2.30. The zero-order chi connectivity index (χ0) is 16.8. The summed E-state index contributed by atoms with van der Waals surface area (Å²) in [7, 11) is 1.67. The molecule has 0 unspecified atom stereocenters. The van der Waals surface area contributed by atoms with Gasteiger partial charge in [-0.25, -0.2) is 4.98 Å². The highest BCUT2D eigenvalue weighted by molar-refractivity contribution is 5.53. The van der Waals surface area contributed by atoms with Crippen LogP contribution in [-0.2, 0) is 17.8 Å². The van der Waals surface area contributed by atoms with E-state index in [2.05, 4.69) is 45.5 Å². The van der Waals surface area contributed by atoms with Crippen molar-refractivity contribution in [2.45, 2.75) is 20.0 Å². The van der Waals surface area contributed by atoms with Crippen molar-refractivity contribution < 1.29 is 9.47 Å². The van der Waals surface area contributed by atoms with Gasteiger partial charge in [0.15, 0.2) is 0 Å². The quantitative estimate of drug-likeness (QED) is 0.883. The molecule has 2 heterocycles. The summed E-state index contributed by atoms with van der Waals surface area (Å²) < 4.78 is 10.8. The van der Waals surface area contributed by atoms with E-state index in [1.165, 1.54) is 11.3 Å². The molecule has 1 N–H and O–H groups in total. The number of hydrogen-bond acceptors (Lipinski definition) is 5. The van der Waals surface area contributed by atoms with Crippen molar-refractivity contribution in [3.63, 3.8) is 0 Å². The molecule has 0 radical (unpaired) electrons. The summed E-state index contributed by atoms with van der Waals surface area (Å²) in [5, 5.41) is 3.51. The summed E-state index contributed by atoms with van der Waals surface area (Å²) in [6.45, 7) is 7.01. The minimum atomic E-state index is 0.698. The van der Waals surface area contributed by atoms with E-state index in [4.69, 9.17) is 9.47 Å². The zero-order valence-electron chi connectivity index (χ0n) is 14.4. The number of morpholine rings is 1. The van der Waals surface area contributed by atoms with Crippen molar-refractivity contribution in [3.8, 4) is 5.88 Å². The van der Waals surface area contributed by atoms with Gasteiger partial charge in [0.05, 0.1) is 20.3 Å². The van der Waals surface area contributed by atoms with Crippen molar-refractivity contribution in [3.05, 3.63) is 53.2 Å². The van der Waals surface area contributed by atoms with Crippen LogP contribution in [0.25, 0.3) is 0 Å². The second-order valence-corrected chi connectivity index (χ2v) is 5.95. The number of benzene rings is 1. The molecule has 1 fully saturated rings. The molecule has 1 saturated heterocycles. The molecule has 0 amide bonds. The minimum Gasteiger partial charge on any atom is -0.481 e. The molecule has 3 rings (SSSR count). The Morgan fingerprint density at radius 2 is 1.83 bits per heavy atom. The Kier molecular flexibility index (Phi) is 5.67. The first-order valence-electron chi connectivity index (χ1n) is 8.40. The highest BCUT2D eigenvalue weighted by atomic mass is 16.5. The molecule has 2 aromatic rings. The minimum absolute atomic E-state index is 0.698. The average Bonchev–Trinajstić information content (AvgIpc) is 2.64. The summed E-state index contributed by atoms with van der Waals surface area (Å²) in [6, 6.07) is 12.7. The Morgan fingerprint density at radius 3 is 2.62 bits per heavy atom. The molecule has 0 saturated carbocycles. The van der Waals surface area contributed by atoms with Crippen LogP contribution >= 0.6 is 0 Å². The number of ether oxygens (including phenoxy) is 2. The van der Waals surface area contributed by atoms with Gasteiger partial charge in [-0.3, -0.25) is 0 Å². The molecule has 0 spiro atoms. The number of hydrogen-bond donors (Lipinski definition) is 1. The summed E-state index contributed by atoms with van der Waals surface area (Å²) in [4.78, 5) is 6.82. The fourth-order valence-corrected chi connectivity index (χ4v) is 2.98. The fourth-order valence-electron chi connectivity index (χ4n) is 2.98. The van der Waals surface area contributed by atoms with Crippen LogP contribution in [0.4, 0.5) is 5.69 Å².